The SMILES string of the molecule is COc1ccc(-c2csc(N3CCN(S(=O)(=O)c4cccc(Cl)c4Cl)CC3)n2)c(OC)c1. The number of anilines is 1. The summed E-state index contributed by atoms with van der Waals surface area (Å²) < 4.78 is 38.3. The summed E-state index contributed by atoms with van der Waals surface area (Å²) in [5, 5.41) is 3.06. The molecule has 0 atom stereocenters. The van der Waals surface area contributed by atoms with Crippen LogP contribution in [0, 0.1) is 0 Å². The molecule has 0 radical (unpaired) electrons. The first-order valence-corrected chi connectivity index (χ1v) is 12.8. The van der Waals surface area contributed by atoms with Crippen molar-refractivity contribution < 1.29 is 17.9 Å². The molecule has 1 saturated heterocycles. The molecule has 2 aromatic carbocycles. The molecule has 2 heterocycles. The lowest BCUT2D eigenvalue weighted by molar-refractivity contribution is 0.384. The Morgan fingerprint density at radius 1 is 1.03 bits per heavy atom. The summed E-state index contributed by atoms with van der Waals surface area (Å²) >= 11 is 13.7. The molecule has 0 amide bonds. The average molecular weight is 514 g/mol. The number of aromatic nitrogens is 1. The van der Waals surface area contributed by atoms with Gasteiger partial charge in [-0.2, -0.15) is 4.31 Å². The van der Waals surface area contributed by atoms with Crippen LogP contribution in [-0.4, -0.2) is 58.1 Å². The number of thiazole rings is 1. The molecule has 11 heteroatoms. The van der Waals surface area contributed by atoms with E-state index in [0.717, 1.165) is 16.4 Å². The number of benzene rings is 2. The molecule has 0 unspecified atom stereocenters. The number of hydrogen-bond donors (Lipinski definition) is 0. The summed E-state index contributed by atoms with van der Waals surface area (Å²) in [5.74, 6) is 1.38. The third kappa shape index (κ3) is 4.40. The minimum atomic E-state index is -3.73. The quantitative estimate of drug-likeness (QED) is 0.477. The van der Waals surface area contributed by atoms with Crippen LogP contribution in [0.4, 0.5) is 5.13 Å². The zero-order chi connectivity index (χ0) is 22.9. The molecule has 1 aromatic heterocycles. The van der Waals surface area contributed by atoms with Gasteiger partial charge < -0.3 is 14.4 Å². The van der Waals surface area contributed by atoms with E-state index in [1.54, 1.807) is 26.4 Å². The Kier molecular flexibility index (Phi) is 6.83. The normalized spacial score (nSPS) is 15.1. The first-order chi connectivity index (χ1) is 15.3. The van der Waals surface area contributed by atoms with E-state index in [1.165, 1.54) is 21.7 Å². The van der Waals surface area contributed by atoms with Crippen molar-refractivity contribution in [3.63, 3.8) is 0 Å². The van der Waals surface area contributed by atoms with Gasteiger partial charge in [0.2, 0.25) is 10.0 Å². The van der Waals surface area contributed by atoms with Gasteiger partial charge in [0.15, 0.2) is 5.13 Å². The van der Waals surface area contributed by atoms with Crippen molar-refractivity contribution in [1.29, 1.82) is 0 Å². The van der Waals surface area contributed by atoms with Crippen LogP contribution in [0.25, 0.3) is 11.3 Å². The standard InChI is InChI=1S/C21H21Cl2N3O4S2/c1-29-14-6-7-15(18(12-14)30-2)17-13-31-21(24-17)25-8-10-26(11-9-25)32(27,28)19-5-3-4-16(22)20(19)23/h3-7,12-13H,8-11H2,1-2H3. The van der Waals surface area contributed by atoms with Gasteiger partial charge in [-0.3, -0.25) is 0 Å². The highest BCUT2D eigenvalue weighted by Crippen LogP contribution is 2.36. The fourth-order valence-corrected chi connectivity index (χ4v) is 6.52. The third-order valence-electron chi connectivity index (χ3n) is 5.22. The first-order valence-electron chi connectivity index (χ1n) is 9.72. The van der Waals surface area contributed by atoms with Crippen LogP contribution in [-0.2, 0) is 10.0 Å². The number of halogens is 2. The highest BCUT2D eigenvalue weighted by Gasteiger charge is 2.31. The van der Waals surface area contributed by atoms with Crippen LogP contribution in [0.1, 0.15) is 0 Å². The predicted molar refractivity (Wildman–Crippen MR) is 128 cm³/mol. The van der Waals surface area contributed by atoms with Crippen molar-refractivity contribution in [3.8, 4) is 22.8 Å². The second-order valence-electron chi connectivity index (χ2n) is 7.02. The Morgan fingerprint density at radius 3 is 2.47 bits per heavy atom. The molecular formula is C21H21Cl2N3O4S2. The molecule has 0 bridgehead atoms. The molecule has 1 aliphatic rings. The minimum absolute atomic E-state index is 0.0308. The minimum Gasteiger partial charge on any atom is -0.497 e. The number of hydrogen-bond acceptors (Lipinski definition) is 7. The van der Waals surface area contributed by atoms with Gasteiger partial charge in [0.25, 0.3) is 0 Å². The van der Waals surface area contributed by atoms with Crippen molar-refractivity contribution in [2.24, 2.45) is 0 Å². The van der Waals surface area contributed by atoms with Crippen molar-refractivity contribution in [2.45, 2.75) is 4.90 Å². The van der Waals surface area contributed by atoms with Gasteiger partial charge in [0, 0.05) is 43.2 Å². The fourth-order valence-electron chi connectivity index (χ4n) is 3.49. The monoisotopic (exact) mass is 513 g/mol. The van der Waals surface area contributed by atoms with E-state index in [2.05, 4.69) is 4.90 Å². The van der Waals surface area contributed by atoms with E-state index < -0.39 is 10.0 Å². The Labute approximate surface area is 201 Å². The maximum absolute atomic E-state index is 13.0. The van der Waals surface area contributed by atoms with Crippen LogP contribution < -0.4 is 14.4 Å². The van der Waals surface area contributed by atoms with Gasteiger partial charge in [-0.05, 0) is 24.3 Å². The smallest absolute Gasteiger partial charge is 0.244 e. The topological polar surface area (TPSA) is 72.0 Å². The first kappa shape index (κ1) is 23.1. The molecular weight excluding hydrogens is 493 g/mol. The second kappa shape index (κ2) is 9.44. The molecule has 7 nitrogen and oxygen atoms in total. The van der Waals surface area contributed by atoms with Gasteiger partial charge in [0.05, 0.1) is 30.0 Å². The number of ether oxygens (including phenoxy) is 2. The van der Waals surface area contributed by atoms with E-state index in [0.29, 0.717) is 37.7 Å². The molecule has 1 fully saturated rings. The lowest BCUT2D eigenvalue weighted by atomic mass is 10.1. The highest BCUT2D eigenvalue weighted by molar-refractivity contribution is 7.89. The molecule has 3 aromatic rings. The van der Waals surface area contributed by atoms with Crippen LogP contribution in [0.5, 0.6) is 11.5 Å². The fraction of sp³-hybridized carbons (Fsp3) is 0.286. The Bertz CT molecular complexity index is 1230. The van der Waals surface area contributed by atoms with Crippen LogP contribution in [0.15, 0.2) is 46.7 Å². The van der Waals surface area contributed by atoms with E-state index >= 15 is 0 Å². The van der Waals surface area contributed by atoms with Crippen molar-refractivity contribution in [1.82, 2.24) is 9.29 Å². The summed E-state index contributed by atoms with van der Waals surface area (Å²) in [6.45, 7) is 1.69. The van der Waals surface area contributed by atoms with Gasteiger partial charge in [-0.1, -0.05) is 29.3 Å². The summed E-state index contributed by atoms with van der Waals surface area (Å²) in [5.41, 5.74) is 1.66. The summed E-state index contributed by atoms with van der Waals surface area (Å²) in [6, 6.07) is 10.2. The van der Waals surface area contributed by atoms with Gasteiger partial charge in [-0.15, -0.1) is 11.3 Å². The summed E-state index contributed by atoms with van der Waals surface area (Å²) in [6.07, 6.45) is 0. The Balaban J connectivity index is 1.49. The highest BCUT2D eigenvalue weighted by atomic mass is 35.5. The average Bonchev–Trinajstić information content (AvgIpc) is 3.30. The number of rotatable bonds is 6. The maximum Gasteiger partial charge on any atom is 0.244 e. The van der Waals surface area contributed by atoms with Gasteiger partial charge in [-0.25, -0.2) is 13.4 Å². The van der Waals surface area contributed by atoms with E-state index in [1.807, 2.05) is 23.6 Å². The molecule has 0 spiro atoms. The van der Waals surface area contributed by atoms with Crippen molar-refractivity contribution in [3.05, 3.63) is 51.8 Å². The largest absolute Gasteiger partial charge is 0.497 e. The zero-order valence-electron chi connectivity index (χ0n) is 17.4. The van der Waals surface area contributed by atoms with Gasteiger partial charge >= 0.3 is 0 Å². The molecule has 32 heavy (non-hydrogen) atoms. The molecule has 170 valence electrons. The van der Waals surface area contributed by atoms with Gasteiger partial charge in [0.1, 0.15) is 16.4 Å². The van der Waals surface area contributed by atoms with Crippen molar-refractivity contribution in [2.75, 3.05) is 45.3 Å². The number of methoxy groups -OCH3 is 2. The zero-order valence-corrected chi connectivity index (χ0v) is 20.6. The number of nitrogens with zero attached hydrogens (tertiary/aromatic N) is 3. The molecule has 0 aliphatic carbocycles. The maximum atomic E-state index is 13.0. The summed E-state index contributed by atoms with van der Waals surface area (Å²) in [7, 11) is -0.514. The number of sulfonamides is 1. The van der Waals surface area contributed by atoms with E-state index in [9.17, 15) is 8.42 Å². The molecule has 1 aliphatic heterocycles. The van der Waals surface area contributed by atoms with Crippen LogP contribution in [0.2, 0.25) is 10.0 Å². The van der Waals surface area contributed by atoms with E-state index in [-0.39, 0.29) is 14.9 Å². The van der Waals surface area contributed by atoms with E-state index in [4.69, 9.17) is 37.7 Å². The lowest BCUT2D eigenvalue weighted by Crippen LogP contribution is -2.48. The molecule has 4 rings (SSSR count). The summed E-state index contributed by atoms with van der Waals surface area (Å²) in [4.78, 5) is 6.87. The predicted octanol–water partition coefficient (Wildman–Crippen LogP) is 4.65. The molecule has 0 N–H and O–H groups in total. The number of piperazine rings is 1. The van der Waals surface area contributed by atoms with Crippen LogP contribution in [0.3, 0.4) is 0 Å². The Morgan fingerprint density at radius 2 is 1.78 bits per heavy atom. The molecule has 0 saturated carbocycles. The Hall–Kier alpha value is -2.04. The van der Waals surface area contributed by atoms with Crippen LogP contribution >= 0.6 is 34.5 Å². The van der Waals surface area contributed by atoms with Crippen molar-refractivity contribution >= 4 is 49.7 Å². The lowest BCUT2D eigenvalue weighted by Gasteiger charge is -2.34. The second-order valence-corrected chi connectivity index (χ2v) is 10.6. The third-order valence-corrected chi connectivity index (χ3v) is 8.99.